The molecule has 1 aliphatic heterocycles. The Balaban J connectivity index is 1.90. The summed E-state index contributed by atoms with van der Waals surface area (Å²) in [4.78, 5) is 4.36. The zero-order chi connectivity index (χ0) is 11.0. The minimum Gasteiger partial charge on any atom is -0.459 e. The summed E-state index contributed by atoms with van der Waals surface area (Å²) in [5.41, 5.74) is 1.01. The summed E-state index contributed by atoms with van der Waals surface area (Å²) in [7, 11) is 0. The summed E-state index contributed by atoms with van der Waals surface area (Å²) >= 11 is 0. The lowest BCUT2D eigenvalue weighted by Crippen LogP contribution is -2.14. The van der Waals surface area contributed by atoms with Crippen LogP contribution in [0.1, 0.15) is 30.3 Å². The van der Waals surface area contributed by atoms with E-state index in [0.717, 1.165) is 30.8 Å². The molecule has 0 aromatic carbocycles. The lowest BCUT2D eigenvalue weighted by molar-refractivity contribution is 0.400. The van der Waals surface area contributed by atoms with Crippen molar-refractivity contribution in [1.82, 2.24) is 15.5 Å². The highest BCUT2D eigenvalue weighted by molar-refractivity contribution is 5.49. The Bertz CT molecular complexity index is 483. The van der Waals surface area contributed by atoms with E-state index < -0.39 is 0 Å². The van der Waals surface area contributed by atoms with Crippen LogP contribution in [0.25, 0.3) is 11.7 Å². The number of aromatic nitrogens is 2. The highest BCUT2D eigenvalue weighted by atomic mass is 16.5. The quantitative estimate of drug-likeness (QED) is 0.837. The van der Waals surface area contributed by atoms with Crippen molar-refractivity contribution < 1.29 is 8.94 Å². The molecule has 1 atom stereocenters. The van der Waals surface area contributed by atoms with E-state index in [9.17, 15) is 0 Å². The number of furan rings is 1. The molecule has 2 aromatic heterocycles. The largest absolute Gasteiger partial charge is 0.459 e. The maximum absolute atomic E-state index is 5.31. The highest BCUT2D eigenvalue weighted by Gasteiger charge is 2.23. The van der Waals surface area contributed by atoms with E-state index in [1.807, 2.05) is 13.0 Å². The van der Waals surface area contributed by atoms with Gasteiger partial charge in [0.2, 0.25) is 0 Å². The molecule has 0 aliphatic carbocycles. The molecule has 0 bridgehead atoms. The molecule has 5 heteroatoms. The summed E-state index contributed by atoms with van der Waals surface area (Å²) in [6.07, 6.45) is 3.85. The molecule has 3 rings (SSSR count). The Morgan fingerprint density at radius 1 is 1.50 bits per heavy atom. The summed E-state index contributed by atoms with van der Waals surface area (Å²) in [6.45, 7) is 2.98. The number of nitrogens with zero attached hydrogens (tertiary/aromatic N) is 2. The first kappa shape index (κ1) is 9.59. The van der Waals surface area contributed by atoms with E-state index in [-0.39, 0.29) is 6.04 Å². The van der Waals surface area contributed by atoms with E-state index >= 15 is 0 Å². The van der Waals surface area contributed by atoms with Crippen LogP contribution in [0, 0.1) is 6.92 Å². The van der Waals surface area contributed by atoms with Crippen LogP contribution in [-0.2, 0) is 0 Å². The molecule has 0 saturated carbocycles. The maximum atomic E-state index is 5.31. The molecule has 1 aliphatic rings. The molecular weight excluding hydrogens is 206 g/mol. The molecule has 16 heavy (non-hydrogen) atoms. The first-order valence-electron chi connectivity index (χ1n) is 5.46. The Labute approximate surface area is 92.8 Å². The SMILES string of the molecule is Cc1ccoc1-c1nc(C2CCCN2)no1. The van der Waals surface area contributed by atoms with Gasteiger partial charge in [0, 0.05) is 5.56 Å². The fraction of sp³-hybridized carbons (Fsp3) is 0.455. The number of rotatable bonds is 2. The molecule has 3 heterocycles. The van der Waals surface area contributed by atoms with Gasteiger partial charge in [-0.3, -0.25) is 0 Å². The second-order valence-corrected chi connectivity index (χ2v) is 4.04. The van der Waals surface area contributed by atoms with Gasteiger partial charge in [0.15, 0.2) is 11.6 Å². The monoisotopic (exact) mass is 219 g/mol. The zero-order valence-electron chi connectivity index (χ0n) is 9.06. The number of nitrogens with one attached hydrogen (secondary N) is 1. The summed E-state index contributed by atoms with van der Waals surface area (Å²) in [5.74, 6) is 1.85. The van der Waals surface area contributed by atoms with Crippen molar-refractivity contribution in [2.24, 2.45) is 0 Å². The molecule has 0 spiro atoms. The third kappa shape index (κ3) is 1.53. The van der Waals surface area contributed by atoms with Crippen LogP contribution in [0.3, 0.4) is 0 Å². The minimum atomic E-state index is 0.229. The normalized spacial score (nSPS) is 20.4. The van der Waals surface area contributed by atoms with Gasteiger partial charge in [-0.2, -0.15) is 4.98 Å². The van der Waals surface area contributed by atoms with Crippen molar-refractivity contribution in [3.05, 3.63) is 23.7 Å². The first-order valence-corrected chi connectivity index (χ1v) is 5.46. The van der Waals surface area contributed by atoms with Crippen molar-refractivity contribution in [2.45, 2.75) is 25.8 Å². The smallest absolute Gasteiger partial charge is 0.293 e. The molecule has 0 radical (unpaired) electrons. The Morgan fingerprint density at radius 3 is 3.12 bits per heavy atom. The van der Waals surface area contributed by atoms with Crippen molar-refractivity contribution in [2.75, 3.05) is 6.54 Å². The van der Waals surface area contributed by atoms with Crippen LogP contribution in [0.15, 0.2) is 21.3 Å². The van der Waals surface area contributed by atoms with Gasteiger partial charge in [0.05, 0.1) is 12.3 Å². The van der Waals surface area contributed by atoms with Crippen molar-refractivity contribution in [3.8, 4) is 11.7 Å². The van der Waals surface area contributed by atoms with E-state index in [2.05, 4.69) is 15.5 Å². The number of hydrogen-bond acceptors (Lipinski definition) is 5. The molecule has 1 unspecified atom stereocenters. The number of hydrogen-bond donors (Lipinski definition) is 1. The maximum Gasteiger partial charge on any atom is 0.293 e. The van der Waals surface area contributed by atoms with Gasteiger partial charge < -0.3 is 14.3 Å². The van der Waals surface area contributed by atoms with E-state index in [1.54, 1.807) is 6.26 Å². The van der Waals surface area contributed by atoms with Gasteiger partial charge in [-0.25, -0.2) is 0 Å². The van der Waals surface area contributed by atoms with Gasteiger partial charge in [0.1, 0.15) is 0 Å². The van der Waals surface area contributed by atoms with E-state index in [4.69, 9.17) is 8.94 Å². The molecule has 84 valence electrons. The van der Waals surface area contributed by atoms with Crippen LogP contribution in [0.4, 0.5) is 0 Å². The summed E-state index contributed by atoms with van der Waals surface area (Å²) in [6, 6.07) is 2.11. The van der Waals surface area contributed by atoms with Crippen LogP contribution in [0.5, 0.6) is 0 Å². The summed E-state index contributed by atoms with van der Waals surface area (Å²) < 4.78 is 10.5. The average molecular weight is 219 g/mol. The fourth-order valence-corrected chi connectivity index (χ4v) is 1.97. The van der Waals surface area contributed by atoms with Gasteiger partial charge >= 0.3 is 0 Å². The van der Waals surface area contributed by atoms with E-state index in [1.165, 1.54) is 0 Å². The minimum absolute atomic E-state index is 0.229. The van der Waals surface area contributed by atoms with Crippen LogP contribution in [0.2, 0.25) is 0 Å². The molecule has 1 fully saturated rings. The van der Waals surface area contributed by atoms with Crippen LogP contribution >= 0.6 is 0 Å². The van der Waals surface area contributed by atoms with Crippen molar-refractivity contribution >= 4 is 0 Å². The van der Waals surface area contributed by atoms with Gasteiger partial charge in [-0.1, -0.05) is 5.16 Å². The molecule has 2 aromatic rings. The van der Waals surface area contributed by atoms with Crippen molar-refractivity contribution in [3.63, 3.8) is 0 Å². The third-order valence-electron chi connectivity index (χ3n) is 2.87. The predicted octanol–water partition coefficient (Wildman–Crippen LogP) is 2.06. The second-order valence-electron chi connectivity index (χ2n) is 4.04. The lowest BCUT2D eigenvalue weighted by atomic mass is 10.2. The van der Waals surface area contributed by atoms with Crippen LogP contribution < -0.4 is 5.32 Å². The standard InChI is InChI=1S/C11H13N3O2/c1-7-4-6-15-9(7)11-13-10(14-16-11)8-3-2-5-12-8/h4,6,8,12H,2-3,5H2,1H3. The Morgan fingerprint density at radius 2 is 2.44 bits per heavy atom. The Kier molecular flexibility index (Phi) is 2.25. The van der Waals surface area contributed by atoms with Gasteiger partial charge in [-0.15, -0.1) is 0 Å². The topological polar surface area (TPSA) is 64.1 Å². The number of aryl methyl sites for hydroxylation is 1. The van der Waals surface area contributed by atoms with Crippen LogP contribution in [-0.4, -0.2) is 16.7 Å². The highest BCUT2D eigenvalue weighted by Crippen LogP contribution is 2.26. The van der Waals surface area contributed by atoms with Crippen molar-refractivity contribution in [1.29, 1.82) is 0 Å². The van der Waals surface area contributed by atoms with Gasteiger partial charge in [-0.05, 0) is 32.4 Å². The zero-order valence-corrected chi connectivity index (χ0v) is 9.06. The average Bonchev–Trinajstić information content (AvgIpc) is 2.96. The molecular formula is C11H13N3O2. The van der Waals surface area contributed by atoms with E-state index in [0.29, 0.717) is 11.7 Å². The fourth-order valence-electron chi connectivity index (χ4n) is 1.97. The molecule has 0 amide bonds. The lowest BCUT2D eigenvalue weighted by Gasteiger charge is -2.01. The summed E-state index contributed by atoms with van der Waals surface area (Å²) in [5, 5.41) is 7.32. The first-order chi connectivity index (χ1) is 7.84. The molecule has 1 N–H and O–H groups in total. The van der Waals surface area contributed by atoms with Gasteiger partial charge in [0.25, 0.3) is 5.89 Å². The molecule has 1 saturated heterocycles. The molecule has 5 nitrogen and oxygen atoms in total. The third-order valence-corrected chi connectivity index (χ3v) is 2.87. The Hall–Kier alpha value is -1.62. The second kappa shape index (κ2) is 3.75. The predicted molar refractivity (Wildman–Crippen MR) is 56.7 cm³/mol.